The van der Waals surface area contributed by atoms with Gasteiger partial charge in [-0.1, -0.05) is 12.1 Å². The molecule has 20 heavy (non-hydrogen) atoms. The number of aliphatic carboxylic acids is 1. The third-order valence-electron chi connectivity index (χ3n) is 2.59. The van der Waals surface area contributed by atoms with Crippen molar-refractivity contribution in [2.45, 2.75) is 0 Å². The van der Waals surface area contributed by atoms with E-state index in [-0.39, 0.29) is 0 Å². The van der Waals surface area contributed by atoms with Gasteiger partial charge in [-0.3, -0.25) is 0 Å². The number of benzene rings is 2. The average Bonchev–Trinajstić information content (AvgIpc) is 2.47. The predicted molar refractivity (Wildman–Crippen MR) is 76.2 cm³/mol. The summed E-state index contributed by atoms with van der Waals surface area (Å²) in [5, 5.41) is 8.55. The molecular weight excluding hydrogens is 256 g/mol. The Hall–Kier alpha value is -2.75. The van der Waals surface area contributed by atoms with Gasteiger partial charge in [-0.05, 0) is 48.0 Å². The Morgan fingerprint density at radius 1 is 0.950 bits per heavy atom. The van der Waals surface area contributed by atoms with Crippen molar-refractivity contribution in [3.05, 3.63) is 60.2 Å². The van der Waals surface area contributed by atoms with Crippen molar-refractivity contribution in [3.8, 4) is 17.2 Å². The molecule has 0 bridgehead atoms. The van der Waals surface area contributed by atoms with Crippen molar-refractivity contribution in [3.63, 3.8) is 0 Å². The molecule has 0 amide bonds. The monoisotopic (exact) mass is 270 g/mol. The van der Waals surface area contributed by atoms with Crippen LogP contribution in [-0.2, 0) is 4.79 Å². The molecule has 0 aromatic heterocycles. The molecule has 0 saturated heterocycles. The zero-order valence-corrected chi connectivity index (χ0v) is 10.9. The van der Waals surface area contributed by atoms with E-state index in [0.29, 0.717) is 11.5 Å². The highest BCUT2D eigenvalue weighted by molar-refractivity contribution is 5.85. The lowest BCUT2D eigenvalue weighted by molar-refractivity contribution is -0.131. The second kappa shape index (κ2) is 6.43. The summed E-state index contributed by atoms with van der Waals surface area (Å²) in [5.74, 6) is 1.19. The molecular formula is C16H14O4. The standard InChI is InChI=1S/C16H14O4/c1-19-13-7-9-15(10-8-13)20-14-5-2-12(3-6-14)4-11-16(17)18/h2-11H,1H3,(H,17,18)/b11-4+. The van der Waals surface area contributed by atoms with Crippen LogP contribution < -0.4 is 9.47 Å². The first-order valence-electron chi connectivity index (χ1n) is 6.00. The minimum Gasteiger partial charge on any atom is -0.497 e. The number of carboxylic acid groups (broad SMARTS) is 1. The number of ether oxygens (including phenoxy) is 2. The van der Waals surface area contributed by atoms with E-state index in [1.165, 1.54) is 6.08 Å². The highest BCUT2D eigenvalue weighted by atomic mass is 16.5. The summed E-state index contributed by atoms with van der Waals surface area (Å²) in [4.78, 5) is 10.4. The lowest BCUT2D eigenvalue weighted by atomic mass is 10.2. The highest BCUT2D eigenvalue weighted by Gasteiger charge is 1.98. The van der Waals surface area contributed by atoms with Gasteiger partial charge in [-0.15, -0.1) is 0 Å². The zero-order chi connectivity index (χ0) is 14.4. The van der Waals surface area contributed by atoms with Crippen LogP contribution in [0.2, 0.25) is 0 Å². The highest BCUT2D eigenvalue weighted by Crippen LogP contribution is 2.24. The largest absolute Gasteiger partial charge is 0.497 e. The Kier molecular flexibility index (Phi) is 4.39. The fraction of sp³-hybridized carbons (Fsp3) is 0.0625. The second-order valence-corrected chi connectivity index (χ2v) is 4.02. The Labute approximate surface area is 116 Å². The van der Waals surface area contributed by atoms with Gasteiger partial charge in [0.1, 0.15) is 17.2 Å². The van der Waals surface area contributed by atoms with Crippen LogP contribution in [0.15, 0.2) is 54.6 Å². The van der Waals surface area contributed by atoms with Crippen LogP contribution in [0.3, 0.4) is 0 Å². The minimum atomic E-state index is -0.969. The van der Waals surface area contributed by atoms with Gasteiger partial charge >= 0.3 is 5.97 Å². The van der Waals surface area contributed by atoms with Crippen molar-refractivity contribution in [2.75, 3.05) is 7.11 Å². The van der Waals surface area contributed by atoms with Gasteiger partial charge < -0.3 is 14.6 Å². The van der Waals surface area contributed by atoms with E-state index >= 15 is 0 Å². The molecule has 0 aliphatic carbocycles. The summed E-state index contributed by atoms with van der Waals surface area (Å²) in [6.07, 6.45) is 2.62. The zero-order valence-electron chi connectivity index (χ0n) is 10.9. The van der Waals surface area contributed by atoms with Crippen LogP contribution in [-0.4, -0.2) is 18.2 Å². The Balaban J connectivity index is 2.04. The molecule has 0 radical (unpaired) electrons. The molecule has 0 unspecified atom stereocenters. The molecule has 2 aromatic carbocycles. The summed E-state index contributed by atoms with van der Waals surface area (Å²) in [6, 6.07) is 14.4. The van der Waals surface area contributed by atoms with Gasteiger partial charge in [0.05, 0.1) is 7.11 Å². The van der Waals surface area contributed by atoms with E-state index in [1.54, 1.807) is 31.4 Å². The topological polar surface area (TPSA) is 55.8 Å². The predicted octanol–water partition coefficient (Wildman–Crippen LogP) is 3.59. The van der Waals surface area contributed by atoms with Gasteiger partial charge in [0.15, 0.2) is 0 Å². The van der Waals surface area contributed by atoms with Gasteiger partial charge in [0.25, 0.3) is 0 Å². The number of carbonyl (C=O) groups is 1. The lowest BCUT2D eigenvalue weighted by Crippen LogP contribution is -1.87. The average molecular weight is 270 g/mol. The van der Waals surface area contributed by atoms with Crippen molar-refractivity contribution in [2.24, 2.45) is 0 Å². The summed E-state index contributed by atoms with van der Waals surface area (Å²) < 4.78 is 10.7. The van der Waals surface area contributed by atoms with Crippen molar-refractivity contribution >= 4 is 12.0 Å². The first-order chi connectivity index (χ1) is 9.67. The molecule has 0 atom stereocenters. The molecule has 0 aliphatic rings. The smallest absolute Gasteiger partial charge is 0.328 e. The molecule has 0 heterocycles. The maximum absolute atomic E-state index is 10.4. The van der Waals surface area contributed by atoms with E-state index in [9.17, 15) is 4.79 Å². The van der Waals surface area contributed by atoms with Crippen LogP contribution in [0.1, 0.15) is 5.56 Å². The number of methoxy groups -OCH3 is 1. The fourth-order valence-electron chi connectivity index (χ4n) is 1.59. The maximum atomic E-state index is 10.4. The summed E-state index contributed by atoms with van der Waals surface area (Å²) in [6.45, 7) is 0. The molecule has 0 saturated carbocycles. The SMILES string of the molecule is COc1ccc(Oc2ccc(/C=C/C(=O)O)cc2)cc1. The number of carboxylic acids is 1. The molecule has 4 heteroatoms. The number of rotatable bonds is 5. The van der Waals surface area contributed by atoms with E-state index in [4.69, 9.17) is 14.6 Å². The minimum absolute atomic E-state index is 0.683. The van der Waals surface area contributed by atoms with E-state index in [1.807, 2.05) is 24.3 Å². The second-order valence-electron chi connectivity index (χ2n) is 4.02. The van der Waals surface area contributed by atoms with Gasteiger partial charge in [0, 0.05) is 6.08 Å². The van der Waals surface area contributed by atoms with Crippen LogP contribution in [0.25, 0.3) is 6.08 Å². The Bertz CT molecular complexity index is 597. The molecule has 102 valence electrons. The quantitative estimate of drug-likeness (QED) is 0.844. The third-order valence-corrected chi connectivity index (χ3v) is 2.59. The van der Waals surface area contributed by atoms with E-state index in [0.717, 1.165) is 17.4 Å². The maximum Gasteiger partial charge on any atom is 0.328 e. The molecule has 0 aliphatic heterocycles. The van der Waals surface area contributed by atoms with E-state index < -0.39 is 5.97 Å². The van der Waals surface area contributed by atoms with Crippen LogP contribution in [0, 0.1) is 0 Å². The molecule has 1 N–H and O–H groups in total. The molecule has 0 spiro atoms. The number of hydrogen-bond donors (Lipinski definition) is 1. The van der Waals surface area contributed by atoms with Crippen LogP contribution >= 0.6 is 0 Å². The van der Waals surface area contributed by atoms with Crippen molar-refractivity contribution in [1.82, 2.24) is 0 Å². The molecule has 0 fully saturated rings. The van der Waals surface area contributed by atoms with Gasteiger partial charge in [0.2, 0.25) is 0 Å². The van der Waals surface area contributed by atoms with Crippen molar-refractivity contribution in [1.29, 1.82) is 0 Å². The summed E-state index contributed by atoms with van der Waals surface area (Å²) in [7, 11) is 1.61. The Morgan fingerprint density at radius 2 is 1.45 bits per heavy atom. The summed E-state index contributed by atoms with van der Waals surface area (Å²) >= 11 is 0. The van der Waals surface area contributed by atoms with E-state index in [2.05, 4.69) is 0 Å². The van der Waals surface area contributed by atoms with Gasteiger partial charge in [-0.25, -0.2) is 4.79 Å². The fourth-order valence-corrected chi connectivity index (χ4v) is 1.59. The van der Waals surface area contributed by atoms with Crippen LogP contribution in [0.5, 0.6) is 17.2 Å². The van der Waals surface area contributed by atoms with Crippen molar-refractivity contribution < 1.29 is 19.4 Å². The number of hydrogen-bond acceptors (Lipinski definition) is 3. The van der Waals surface area contributed by atoms with Crippen LogP contribution in [0.4, 0.5) is 0 Å². The summed E-state index contributed by atoms with van der Waals surface area (Å²) in [5.41, 5.74) is 0.800. The molecule has 4 nitrogen and oxygen atoms in total. The normalized spacial score (nSPS) is 10.4. The molecule has 2 aromatic rings. The first-order valence-corrected chi connectivity index (χ1v) is 6.00. The Morgan fingerprint density at radius 3 is 1.95 bits per heavy atom. The van der Waals surface area contributed by atoms with Gasteiger partial charge in [-0.2, -0.15) is 0 Å². The first kappa shape index (κ1) is 13.7. The third kappa shape index (κ3) is 3.88. The lowest BCUT2D eigenvalue weighted by Gasteiger charge is -2.06. The molecule has 2 rings (SSSR count).